The fourth-order valence-corrected chi connectivity index (χ4v) is 2.52. The number of aromatic nitrogens is 1. The van der Waals surface area contributed by atoms with Crippen LogP contribution in [-0.2, 0) is 0 Å². The molecule has 0 radical (unpaired) electrons. The summed E-state index contributed by atoms with van der Waals surface area (Å²) in [6.07, 6.45) is 1.84. The van der Waals surface area contributed by atoms with Gasteiger partial charge in [0.15, 0.2) is 0 Å². The number of hydrogen-bond donors (Lipinski definition) is 1. The zero-order chi connectivity index (χ0) is 12.3. The van der Waals surface area contributed by atoms with Crippen LogP contribution in [0.5, 0.6) is 0 Å². The third-order valence-electron chi connectivity index (χ3n) is 2.69. The molecule has 1 N–H and O–H groups in total. The molecule has 90 valence electrons. The molecule has 0 spiro atoms. The highest BCUT2D eigenvalue weighted by molar-refractivity contribution is 7.09. The maximum atomic E-state index is 5.87. The molecule has 2 unspecified atom stereocenters. The van der Waals surface area contributed by atoms with E-state index < -0.39 is 0 Å². The van der Waals surface area contributed by atoms with E-state index in [1.54, 1.807) is 11.3 Å². The molecule has 0 aliphatic heterocycles. The Labute approximate surface area is 111 Å². The molecule has 1 heterocycles. The van der Waals surface area contributed by atoms with E-state index in [1.165, 1.54) is 5.56 Å². The number of halogens is 1. The Morgan fingerprint density at radius 1 is 1.18 bits per heavy atom. The quantitative estimate of drug-likeness (QED) is 0.897. The van der Waals surface area contributed by atoms with Gasteiger partial charge in [-0.05, 0) is 31.5 Å². The SMILES string of the molecule is CC(NC(C)c1nccs1)c1ccc(Cl)cc1. The van der Waals surface area contributed by atoms with Crippen molar-refractivity contribution in [3.63, 3.8) is 0 Å². The van der Waals surface area contributed by atoms with Crippen molar-refractivity contribution in [1.29, 1.82) is 0 Å². The van der Waals surface area contributed by atoms with Gasteiger partial charge in [-0.2, -0.15) is 0 Å². The summed E-state index contributed by atoms with van der Waals surface area (Å²) in [5.74, 6) is 0. The van der Waals surface area contributed by atoms with Gasteiger partial charge in [0.2, 0.25) is 0 Å². The predicted octanol–water partition coefficient (Wildman–Crippen LogP) is 4.21. The van der Waals surface area contributed by atoms with Gasteiger partial charge < -0.3 is 5.32 Å². The van der Waals surface area contributed by atoms with E-state index in [2.05, 4.69) is 36.3 Å². The van der Waals surface area contributed by atoms with Crippen LogP contribution in [0.2, 0.25) is 5.02 Å². The van der Waals surface area contributed by atoms with Crippen LogP contribution in [0, 0.1) is 0 Å². The van der Waals surface area contributed by atoms with Crippen LogP contribution in [0.25, 0.3) is 0 Å². The fraction of sp³-hybridized carbons (Fsp3) is 0.308. The molecule has 0 amide bonds. The standard InChI is InChI=1S/C13H15ClN2S/c1-9(11-3-5-12(14)6-4-11)16-10(2)13-15-7-8-17-13/h3-10,16H,1-2H3. The molecule has 0 saturated carbocycles. The lowest BCUT2D eigenvalue weighted by molar-refractivity contribution is 0.493. The lowest BCUT2D eigenvalue weighted by Crippen LogP contribution is -2.22. The Hall–Kier alpha value is -0.900. The van der Waals surface area contributed by atoms with E-state index >= 15 is 0 Å². The molecule has 17 heavy (non-hydrogen) atoms. The largest absolute Gasteiger partial charge is 0.302 e. The van der Waals surface area contributed by atoms with Gasteiger partial charge in [0.25, 0.3) is 0 Å². The molecule has 0 saturated heterocycles. The normalized spacial score (nSPS) is 14.5. The first kappa shape index (κ1) is 12.6. The van der Waals surface area contributed by atoms with Crippen molar-refractivity contribution in [2.45, 2.75) is 25.9 Å². The van der Waals surface area contributed by atoms with Crippen LogP contribution < -0.4 is 5.32 Å². The molecule has 0 fully saturated rings. The Morgan fingerprint density at radius 3 is 2.47 bits per heavy atom. The Bertz CT molecular complexity index is 453. The maximum absolute atomic E-state index is 5.87. The number of benzene rings is 1. The molecular weight excluding hydrogens is 252 g/mol. The summed E-state index contributed by atoms with van der Waals surface area (Å²) in [4.78, 5) is 4.31. The van der Waals surface area contributed by atoms with E-state index in [9.17, 15) is 0 Å². The number of nitrogens with one attached hydrogen (secondary N) is 1. The molecule has 2 rings (SSSR count). The topological polar surface area (TPSA) is 24.9 Å². The van der Waals surface area contributed by atoms with Crippen LogP contribution in [0.15, 0.2) is 35.8 Å². The van der Waals surface area contributed by atoms with Gasteiger partial charge >= 0.3 is 0 Å². The van der Waals surface area contributed by atoms with Gasteiger partial charge in [-0.25, -0.2) is 4.98 Å². The molecule has 2 aromatic rings. The molecule has 0 bridgehead atoms. The van der Waals surface area contributed by atoms with E-state index in [1.807, 2.05) is 23.7 Å². The summed E-state index contributed by atoms with van der Waals surface area (Å²) < 4.78 is 0. The number of hydrogen-bond acceptors (Lipinski definition) is 3. The lowest BCUT2D eigenvalue weighted by atomic mass is 10.1. The predicted molar refractivity (Wildman–Crippen MR) is 73.5 cm³/mol. The third-order valence-corrected chi connectivity index (χ3v) is 3.90. The summed E-state index contributed by atoms with van der Waals surface area (Å²) in [7, 11) is 0. The average Bonchev–Trinajstić information content (AvgIpc) is 2.83. The van der Waals surface area contributed by atoms with Crippen molar-refractivity contribution < 1.29 is 0 Å². The molecular formula is C13H15ClN2S. The minimum atomic E-state index is 0.265. The van der Waals surface area contributed by atoms with Crippen molar-refractivity contribution >= 4 is 22.9 Å². The zero-order valence-electron chi connectivity index (χ0n) is 9.85. The van der Waals surface area contributed by atoms with E-state index in [-0.39, 0.29) is 12.1 Å². The first-order valence-electron chi connectivity index (χ1n) is 5.57. The number of rotatable bonds is 4. The van der Waals surface area contributed by atoms with Gasteiger partial charge in [0.05, 0.1) is 6.04 Å². The number of thiazole rings is 1. The van der Waals surface area contributed by atoms with Gasteiger partial charge in [-0.15, -0.1) is 11.3 Å². The summed E-state index contributed by atoms with van der Waals surface area (Å²) in [6.45, 7) is 4.28. The molecule has 0 aliphatic carbocycles. The highest BCUT2D eigenvalue weighted by Gasteiger charge is 2.12. The molecule has 4 heteroatoms. The third kappa shape index (κ3) is 3.28. The fourth-order valence-electron chi connectivity index (χ4n) is 1.74. The van der Waals surface area contributed by atoms with Crippen LogP contribution in [0.3, 0.4) is 0 Å². The van der Waals surface area contributed by atoms with Gasteiger partial charge in [-0.3, -0.25) is 0 Å². The van der Waals surface area contributed by atoms with Crippen molar-refractivity contribution in [3.8, 4) is 0 Å². The van der Waals surface area contributed by atoms with E-state index in [0.29, 0.717) is 0 Å². The van der Waals surface area contributed by atoms with Crippen molar-refractivity contribution in [1.82, 2.24) is 10.3 Å². The molecule has 1 aromatic carbocycles. The Kier molecular flexibility index (Phi) is 4.15. The molecule has 2 nitrogen and oxygen atoms in total. The van der Waals surface area contributed by atoms with Crippen LogP contribution in [0.4, 0.5) is 0 Å². The second kappa shape index (κ2) is 5.63. The summed E-state index contributed by atoms with van der Waals surface area (Å²) in [5, 5.41) is 7.41. The first-order valence-corrected chi connectivity index (χ1v) is 6.83. The van der Waals surface area contributed by atoms with Gasteiger partial charge in [0.1, 0.15) is 5.01 Å². The summed E-state index contributed by atoms with van der Waals surface area (Å²) in [5.41, 5.74) is 1.23. The lowest BCUT2D eigenvalue weighted by Gasteiger charge is -2.18. The van der Waals surface area contributed by atoms with Crippen LogP contribution >= 0.6 is 22.9 Å². The Balaban J connectivity index is 2.01. The zero-order valence-corrected chi connectivity index (χ0v) is 11.4. The van der Waals surface area contributed by atoms with Gasteiger partial charge in [0, 0.05) is 22.6 Å². The highest BCUT2D eigenvalue weighted by Crippen LogP contribution is 2.21. The second-order valence-corrected chi connectivity index (χ2v) is 5.39. The van der Waals surface area contributed by atoms with E-state index in [0.717, 1.165) is 10.0 Å². The van der Waals surface area contributed by atoms with Crippen LogP contribution in [-0.4, -0.2) is 4.98 Å². The molecule has 0 aliphatic rings. The minimum Gasteiger partial charge on any atom is -0.302 e. The maximum Gasteiger partial charge on any atom is 0.109 e. The monoisotopic (exact) mass is 266 g/mol. The average molecular weight is 267 g/mol. The highest BCUT2D eigenvalue weighted by atomic mass is 35.5. The Morgan fingerprint density at radius 2 is 1.88 bits per heavy atom. The van der Waals surface area contributed by atoms with Crippen molar-refractivity contribution in [3.05, 3.63) is 51.4 Å². The molecule has 2 atom stereocenters. The first-order chi connectivity index (χ1) is 8.16. The second-order valence-electron chi connectivity index (χ2n) is 4.03. The number of nitrogens with zero attached hydrogens (tertiary/aromatic N) is 1. The minimum absolute atomic E-state index is 0.265. The van der Waals surface area contributed by atoms with E-state index in [4.69, 9.17) is 11.6 Å². The van der Waals surface area contributed by atoms with Crippen LogP contribution in [0.1, 0.15) is 36.5 Å². The van der Waals surface area contributed by atoms with Crippen molar-refractivity contribution in [2.24, 2.45) is 0 Å². The molecule has 1 aromatic heterocycles. The smallest absolute Gasteiger partial charge is 0.109 e. The summed E-state index contributed by atoms with van der Waals surface area (Å²) >= 11 is 7.55. The van der Waals surface area contributed by atoms with Crippen molar-refractivity contribution in [2.75, 3.05) is 0 Å². The summed E-state index contributed by atoms with van der Waals surface area (Å²) in [6, 6.07) is 8.49. The van der Waals surface area contributed by atoms with Gasteiger partial charge in [-0.1, -0.05) is 23.7 Å².